The fourth-order valence-corrected chi connectivity index (χ4v) is 8.30. The van der Waals surface area contributed by atoms with Crippen molar-refractivity contribution in [2.24, 2.45) is 0 Å². The molecule has 63 heavy (non-hydrogen) atoms. The molecule has 3 heterocycles. The van der Waals surface area contributed by atoms with Crippen LogP contribution in [0.5, 0.6) is 11.5 Å². The summed E-state index contributed by atoms with van der Waals surface area (Å²) >= 11 is 0. The van der Waals surface area contributed by atoms with Crippen molar-refractivity contribution in [1.82, 2.24) is 14.1 Å². The Bertz CT molecular complexity index is 3020. The third-order valence-corrected chi connectivity index (χ3v) is 12.0. The number of benzene rings is 5. The van der Waals surface area contributed by atoms with Crippen molar-refractivity contribution in [3.05, 3.63) is 161 Å². The maximum Gasteiger partial charge on any atom is 0.267 e. The van der Waals surface area contributed by atoms with Gasteiger partial charge in [-0.2, -0.15) is 12.1 Å². The third-order valence-electron chi connectivity index (χ3n) is 12.0. The van der Waals surface area contributed by atoms with Gasteiger partial charge in [-0.1, -0.05) is 132 Å². The summed E-state index contributed by atoms with van der Waals surface area (Å²) in [6, 6.07) is 38.7. The van der Waals surface area contributed by atoms with Gasteiger partial charge in [0.25, 0.3) is 6.33 Å². The molecule has 6 heteroatoms. The number of hydrogen-bond donors (Lipinski definition) is 0. The molecule has 0 aliphatic rings. The molecule has 8 aromatic rings. The van der Waals surface area contributed by atoms with Gasteiger partial charge in [0.15, 0.2) is 0 Å². The average Bonchev–Trinajstić information content (AvgIpc) is 3.85. The van der Waals surface area contributed by atoms with E-state index in [-0.39, 0.29) is 54.7 Å². The number of fused-ring (bicyclic) bond motifs is 3. The van der Waals surface area contributed by atoms with Gasteiger partial charge in [0.2, 0.25) is 0 Å². The number of pyridine rings is 1. The van der Waals surface area contributed by atoms with Crippen molar-refractivity contribution in [1.29, 1.82) is 0 Å². The fraction of sp³-hybridized carbons (Fsp3) is 0.333. The van der Waals surface area contributed by atoms with E-state index in [1.807, 2.05) is 21.4 Å². The van der Waals surface area contributed by atoms with Crippen LogP contribution in [-0.2, 0) is 37.3 Å². The summed E-state index contributed by atoms with van der Waals surface area (Å²) in [5.41, 5.74) is 12.0. The molecule has 0 saturated carbocycles. The fourth-order valence-electron chi connectivity index (χ4n) is 8.30. The molecule has 3 aromatic heterocycles. The molecule has 328 valence electrons. The van der Waals surface area contributed by atoms with Gasteiger partial charge >= 0.3 is 0 Å². The van der Waals surface area contributed by atoms with Crippen molar-refractivity contribution in [2.75, 3.05) is 0 Å². The zero-order valence-electron chi connectivity index (χ0n) is 42.1. The Morgan fingerprint density at radius 1 is 0.683 bits per heavy atom. The van der Waals surface area contributed by atoms with Crippen LogP contribution in [0.1, 0.15) is 139 Å². The smallest absolute Gasteiger partial charge is 0.267 e. The van der Waals surface area contributed by atoms with E-state index in [0.717, 1.165) is 38.7 Å². The molecule has 0 saturated heterocycles. The van der Waals surface area contributed by atoms with E-state index in [1.165, 1.54) is 33.4 Å². The van der Waals surface area contributed by atoms with Crippen LogP contribution in [0, 0.1) is 25.3 Å². The first-order valence-electron chi connectivity index (χ1n) is 23.4. The molecule has 0 bridgehead atoms. The van der Waals surface area contributed by atoms with Crippen LogP contribution in [0.15, 0.2) is 110 Å². The van der Waals surface area contributed by atoms with Gasteiger partial charge < -0.3 is 13.9 Å². The SMILES string of the molecule is [2H]C([2H])([2H])c1ccnc(-n2c3[c-]c(Oc4[c-]c(-n5[c-][n+](-c6cc(C(C)(C)C)cc(C(C)(C)C)c6)cc5)cc(-c5c(C(C)C)cccc5C(C)C)c4)ccc3c3cc(C(C)(C)C)ccc32)c1.[Pt]. The normalized spacial score (nSPS) is 13.3. The molecule has 0 aliphatic heterocycles. The molecule has 5 aromatic carbocycles. The van der Waals surface area contributed by atoms with E-state index in [1.54, 1.807) is 18.3 Å². The molecule has 5 nitrogen and oxygen atoms in total. The van der Waals surface area contributed by atoms with E-state index in [9.17, 15) is 0 Å². The molecular weight excluding hydrogens is 952 g/mol. The van der Waals surface area contributed by atoms with Gasteiger partial charge in [-0.3, -0.25) is 4.57 Å². The Morgan fingerprint density at radius 3 is 1.97 bits per heavy atom. The number of ether oxygens (including phenoxy) is 1. The van der Waals surface area contributed by atoms with Crippen molar-refractivity contribution in [2.45, 2.75) is 125 Å². The van der Waals surface area contributed by atoms with Gasteiger partial charge in [0.1, 0.15) is 5.82 Å². The summed E-state index contributed by atoms with van der Waals surface area (Å²) in [5.74, 6) is 2.08. The van der Waals surface area contributed by atoms with E-state index >= 15 is 0 Å². The summed E-state index contributed by atoms with van der Waals surface area (Å²) in [4.78, 5) is 4.71. The molecular formula is C57H62N4OPt-2. The maximum absolute atomic E-state index is 8.18. The monoisotopic (exact) mass is 1020 g/mol. The Morgan fingerprint density at radius 2 is 1.35 bits per heavy atom. The molecule has 0 amide bonds. The second-order valence-electron chi connectivity index (χ2n) is 20.6. The van der Waals surface area contributed by atoms with Crippen molar-refractivity contribution in [3.8, 4) is 39.8 Å². The maximum atomic E-state index is 8.18. The van der Waals surface area contributed by atoms with Crippen LogP contribution in [0.25, 0.3) is 50.1 Å². The summed E-state index contributed by atoms with van der Waals surface area (Å²) in [7, 11) is 0. The molecule has 0 atom stereocenters. The predicted octanol–water partition coefficient (Wildman–Crippen LogP) is 14.6. The van der Waals surface area contributed by atoms with Crippen LogP contribution in [0.4, 0.5) is 0 Å². The van der Waals surface area contributed by atoms with Crippen molar-refractivity contribution >= 4 is 21.8 Å². The van der Waals surface area contributed by atoms with E-state index in [2.05, 4.69) is 192 Å². The first-order valence-corrected chi connectivity index (χ1v) is 21.9. The number of nitrogens with zero attached hydrogens (tertiary/aromatic N) is 4. The predicted molar refractivity (Wildman–Crippen MR) is 257 cm³/mol. The molecule has 0 radical (unpaired) electrons. The van der Waals surface area contributed by atoms with Crippen LogP contribution in [-0.4, -0.2) is 14.1 Å². The Labute approximate surface area is 394 Å². The Hall–Kier alpha value is -5.25. The second kappa shape index (κ2) is 17.0. The van der Waals surface area contributed by atoms with Crippen LogP contribution >= 0.6 is 0 Å². The number of aromatic nitrogens is 4. The first kappa shape index (κ1) is 41.7. The van der Waals surface area contributed by atoms with Crippen molar-refractivity contribution < 1.29 is 34.5 Å². The molecule has 0 fully saturated rings. The van der Waals surface area contributed by atoms with Gasteiger partial charge in [0.05, 0.1) is 5.69 Å². The van der Waals surface area contributed by atoms with E-state index in [0.29, 0.717) is 17.3 Å². The summed E-state index contributed by atoms with van der Waals surface area (Å²) in [5, 5.41) is 1.99. The topological polar surface area (TPSA) is 35.9 Å². The number of rotatable bonds is 8. The first-order chi connectivity index (χ1) is 30.4. The van der Waals surface area contributed by atoms with E-state index < -0.39 is 6.85 Å². The zero-order valence-corrected chi connectivity index (χ0v) is 41.3. The second-order valence-corrected chi connectivity index (χ2v) is 20.6. The number of imidazole rings is 1. The summed E-state index contributed by atoms with van der Waals surface area (Å²) in [6.45, 7) is 26.8. The summed E-state index contributed by atoms with van der Waals surface area (Å²) < 4.78 is 37.5. The van der Waals surface area contributed by atoms with Gasteiger partial charge in [-0.15, -0.1) is 35.2 Å². The van der Waals surface area contributed by atoms with Crippen molar-refractivity contribution in [3.63, 3.8) is 0 Å². The minimum absolute atomic E-state index is 0. The van der Waals surface area contributed by atoms with Gasteiger partial charge in [0, 0.05) is 60.8 Å². The average molecular weight is 1020 g/mol. The number of hydrogen-bond acceptors (Lipinski definition) is 2. The van der Waals surface area contributed by atoms with Gasteiger partial charge in [-0.05, 0) is 115 Å². The quantitative estimate of drug-likeness (QED) is 0.112. The standard InChI is InChI=1S/C57H62N4O.Pt/c1-36(2)47-16-15-17-48(37(3)4)54(47)39-27-43(59-24-25-60(35-59)44-30-41(56(9,10)11)29-42(31-44)57(12,13)14)33-46(28-39)62-45-19-20-49-50-32-40(55(6,7)8)18-21-51(50)61(52(49)34-45)53-26-38(5)22-23-58-53;/h15-32,36-37H,1-14H3;/q-2;/i5D3;. The Balaban J connectivity index is 0.00000648. The molecule has 8 rings (SSSR count). The summed E-state index contributed by atoms with van der Waals surface area (Å²) in [6.07, 6.45) is 9.28. The van der Waals surface area contributed by atoms with Crippen LogP contribution < -0.4 is 9.30 Å². The molecule has 0 unspecified atom stereocenters. The van der Waals surface area contributed by atoms with Crippen LogP contribution in [0.2, 0.25) is 0 Å². The zero-order chi connectivity index (χ0) is 47.0. The van der Waals surface area contributed by atoms with E-state index in [4.69, 9.17) is 13.8 Å². The Kier molecular flexibility index (Phi) is 11.3. The third kappa shape index (κ3) is 9.23. The van der Waals surface area contributed by atoms with Crippen LogP contribution in [0.3, 0.4) is 0 Å². The minimum atomic E-state index is -2.29. The molecule has 0 N–H and O–H groups in total. The molecule has 0 aliphatic carbocycles. The number of aryl methyl sites for hydroxylation is 1. The molecule has 0 spiro atoms. The largest absolute Gasteiger partial charge is 0.510 e. The minimum Gasteiger partial charge on any atom is -0.510 e. The van der Waals surface area contributed by atoms with Gasteiger partial charge in [-0.25, -0.2) is 4.98 Å².